The molecule has 1 fully saturated rings. The molecule has 3 nitrogen and oxygen atoms in total. The van der Waals surface area contributed by atoms with Crippen LogP contribution >= 0.6 is 0 Å². The first kappa shape index (κ1) is 16.3. The molecule has 0 atom stereocenters. The second kappa shape index (κ2) is 7.72. The van der Waals surface area contributed by atoms with Crippen molar-refractivity contribution in [3.8, 4) is 0 Å². The van der Waals surface area contributed by atoms with Crippen molar-refractivity contribution in [3.63, 3.8) is 0 Å². The van der Waals surface area contributed by atoms with Gasteiger partial charge in [-0.15, -0.1) is 0 Å². The average Bonchev–Trinajstić information content (AvgIpc) is 2.55. The van der Waals surface area contributed by atoms with E-state index in [2.05, 4.69) is 0 Å². The minimum atomic E-state index is -4.35. The van der Waals surface area contributed by atoms with Crippen molar-refractivity contribution in [2.75, 3.05) is 19.6 Å². The van der Waals surface area contributed by atoms with Crippen LogP contribution in [0.2, 0.25) is 0 Å². The fourth-order valence-corrected chi connectivity index (χ4v) is 2.61. The van der Waals surface area contributed by atoms with Gasteiger partial charge in [-0.1, -0.05) is 25.7 Å². The van der Waals surface area contributed by atoms with Crippen LogP contribution in [-0.4, -0.2) is 36.6 Å². The molecular weight excluding hydrogens is 257 g/mol. The van der Waals surface area contributed by atoms with Gasteiger partial charge in [0, 0.05) is 19.5 Å². The SMILES string of the molecule is NCCN(CC(F)(F)F)C(=O)CC1CCCCCC1. The van der Waals surface area contributed by atoms with E-state index in [4.69, 9.17) is 5.73 Å². The second-order valence-corrected chi connectivity index (χ2v) is 5.28. The standard InChI is InChI=1S/C13H23F3N2O/c14-13(15,16)10-18(8-7-17)12(19)9-11-5-3-1-2-4-6-11/h11H,1-10,17H2. The molecule has 1 aliphatic carbocycles. The highest BCUT2D eigenvalue weighted by Gasteiger charge is 2.33. The summed E-state index contributed by atoms with van der Waals surface area (Å²) in [5, 5.41) is 0. The van der Waals surface area contributed by atoms with E-state index in [1.807, 2.05) is 0 Å². The molecule has 0 spiro atoms. The minimum Gasteiger partial charge on any atom is -0.332 e. The Morgan fingerprint density at radius 3 is 2.21 bits per heavy atom. The van der Waals surface area contributed by atoms with Crippen LogP contribution in [0.5, 0.6) is 0 Å². The van der Waals surface area contributed by atoms with Gasteiger partial charge in [0.1, 0.15) is 6.54 Å². The molecule has 6 heteroatoms. The Hall–Kier alpha value is -0.780. The Balaban J connectivity index is 2.50. The van der Waals surface area contributed by atoms with E-state index in [1.54, 1.807) is 0 Å². The highest BCUT2D eigenvalue weighted by Crippen LogP contribution is 2.26. The summed E-state index contributed by atoms with van der Waals surface area (Å²) in [6.07, 6.45) is 2.27. The van der Waals surface area contributed by atoms with Gasteiger partial charge in [0.15, 0.2) is 0 Å². The molecule has 1 rings (SSSR count). The molecule has 1 saturated carbocycles. The molecule has 0 radical (unpaired) electrons. The van der Waals surface area contributed by atoms with Crippen LogP contribution in [-0.2, 0) is 4.79 Å². The summed E-state index contributed by atoms with van der Waals surface area (Å²) in [6.45, 7) is -1.15. The van der Waals surface area contributed by atoms with Gasteiger partial charge >= 0.3 is 6.18 Å². The number of rotatable bonds is 5. The van der Waals surface area contributed by atoms with E-state index in [9.17, 15) is 18.0 Å². The second-order valence-electron chi connectivity index (χ2n) is 5.28. The van der Waals surface area contributed by atoms with Crippen molar-refractivity contribution in [2.24, 2.45) is 11.7 Å². The summed E-state index contributed by atoms with van der Waals surface area (Å²) in [4.78, 5) is 12.8. The van der Waals surface area contributed by atoms with Gasteiger partial charge in [-0.3, -0.25) is 4.79 Å². The van der Waals surface area contributed by atoms with Crippen molar-refractivity contribution in [3.05, 3.63) is 0 Å². The molecule has 0 aromatic carbocycles. The van der Waals surface area contributed by atoms with Gasteiger partial charge in [0.2, 0.25) is 5.91 Å². The molecule has 0 unspecified atom stereocenters. The topological polar surface area (TPSA) is 46.3 Å². The first-order valence-corrected chi connectivity index (χ1v) is 6.97. The first-order valence-electron chi connectivity index (χ1n) is 6.97. The summed E-state index contributed by atoms with van der Waals surface area (Å²) >= 11 is 0. The zero-order valence-electron chi connectivity index (χ0n) is 11.2. The van der Waals surface area contributed by atoms with Crippen LogP contribution in [0.25, 0.3) is 0 Å². The smallest absolute Gasteiger partial charge is 0.332 e. The van der Waals surface area contributed by atoms with Crippen LogP contribution < -0.4 is 5.73 Å². The average molecular weight is 280 g/mol. The lowest BCUT2D eigenvalue weighted by atomic mass is 9.96. The lowest BCUT2D eigenvalue weighted by Crippen LogP contribution is -2.42. The van der Waals surface area contributed by atoms with Crippen LogP contribution in [0.4, 0.5) is 13.2 Å². The van der Waals surface area contributed by atoms with E-state index < -0.39 is 18.6 Å². The van der Waals surface area contributed by atoms with E-state index in [1.165, 1.54) is 12.8 Å². The van der Waals surface area contributed by atoms with Crippen molar-refractivity contribution in [1.29, 1.82) is 0 Å². The third-order valence-corrected chi connectivity index (χ3v) is 3.56. The van der Waals surface area contributed by atoms with Gasteiger partial charge in [0.05, 0.1) is 0 Å². The lowest BCUT2D eigenvalue weighted by molar-refractivity contribution is -0.161. The Bertz CT molecular complexity index is 274. The van der Waals surface area contributed by atoms with E-state index in [0.717, 1.165) is 30.6 Å². The third kappa shape index (κ3) is 6.80. The van der Waals surface area contributed by atoms with Crippen molar-refractivity contribution in [1.82, 2.24) is 4.90 Å². The molecule has 1 amide bonds. The molecular formula is C13H23F3N2O. The first-order chi connectivity index (χ1) is 8.92. The maximum absolute atomic E-state index is 12.4. The number of nitrogens with two attached hydrogens (primary N) is 1. The molecule has 0 aromatic heterocycles. The molecule has 112 valence electrons. The van der Waals surface area contributed by atoms with Gasteiger partial charge in [0.25, 0.3) is 0 Å². The van der Waals surface area contributed by atoms with E-state index in [-0.39, 0.29) is 25.4 Å². The van der Waals surface area contributed by atoms with Crippen LogP contribution in [0, 0.1) is 5.92 Å². The van der Waals surface area contributed by atoms with Gasteiger partial charge in [-0.05, 0) is 18.8 Å². The maximum Gasteiger partial charge on any atom is 0.406 e. The summed E-state index contributed by atoms with van der Waals surface area (Å²) in [5.74, 6) is -0.168. The Morgan fingerprint density at radius 1 is 1.16 bits per heavy atom. The molecule has 0 heterocycles. The van der Waals surface area contributed by atoms with E-state index >= 15 is 0 Å². The Morgan fingerprint density at radius 2 is 1.74 bits per heavy atom. The summed E-state index contributed by atoms with van der Waals surface area (Å²) in [6, 6.07) is 0. The zero-order valence-corrected chi connectivity index (χ0v) is 11.2. The van der Waals surface area contributed by atoms with Gasteiger partial charge < -0.3 is 10.6 Å². The molecule has 19 heavy (non-hydrogen) atoms. The van der Waals surface area contributed by atoms with Crippen LogP contribution in [0.3, 0.4) is 0 Å². The number of hydrogen-bond donors (Lipinski definition) is 1. The largest absolute Gasteiger partial charge is 0.406 e. The summed E-state index contributed by atoms with van der Waals surface area (Å²) < 4.78 is 37.2. The van der Waals surface area contributed by atoms with E-state index in [0.29, 0.717) is 0 Å². The quantitative estimate of drug-likeness (QED) is 0.787. The van der Waals surface area contributed by atoms with Crippen LogP contribution in [0.15, 0.2) is 0 Å². The summed E-state index contributed by atoms with van der Waals surface area (Å²) in [7, 11) is 0. The number of hydrogen-bond acceptors (Lipinski definition) is 2. The molecule has 1 aliphatic rings. The van der Waals surface area contributed by atoms with Crippen LogP contribution in [0.1, 0.15) is 44.9 Å². The number of alkyl halides is 3. The fraction of sp³-hybridized carbons (Fsp3) is 0.923. The number of carbonyl (C=O) groups excluding carboxylic acids is 1. The highest BCUT2D eigenvalue weighted by atomic mass is 19.4. The fourth-order valence-electron chi connectivity index (χ4n) is 2.61. The Kier molecular flexibility index (Phi) is 6.62. The normalized spacial score (nSPS) is 18.1. The van der Waals surface area contributed by atoms with Gasteiger partial charge in [-0.25, -0.2) is 0 Å². The van der Waals surface area contributed by atoms with Gasteiger partial charge in [-0.2, -0.15) is 13.2 Å². The third-order valence-electron chi connectivity index (χ3n) is 3.56. The predicted molar refractivity (Wildman–Crippen MR) is 67.5 cm³/mol. The number of nitrogens with zero attached hydrogens (tertiary/aromatic N) is 1. The molecule has 0 saturated heterocycles. The molecule has 0 aromatic rings. The Labute approximate surface area is 112 Å². The molecule has 0 bridgehead atoms. The number of amides is 1. The maximum atomic E-state index is 12.4. The molecule has 2 N–H and O–H groups in total. The minimum absolute atomic E-state index is 0.0228. The van der Waals surface area contributed by atoms with Crippen molar-refractivity contribution >= 4 is 5.91 Å². The number of halogens is 3. The highest BCUT2D eigenvalue weighted by molar-refractivity contribution is 5.76. The number of carbonyl (C=O) groups is 1. The zero-order chi connectivity index (χ0) is 14.3. The lowest BCUT2D eigenvalue weighted by Gasteiger charge is -2.25. The van der Waals surface area contributed by atoms with Crippen molar-refractivity contribution < 1.29 is 18.0 Å². The predicted octanol–water partition coefficient (Wildman–Crippen LogP) is 2.70. The van der Waals surface area contributed by atoms with Crippen molar-refractivity contribution in [2.45, 2.75) is 51.1 Å². The summed E-state index contributed by atoms with van der Waals surface area (Å²) in [5.41, 5.74) is 5.28. The monoisotopic (exact) mass is 280 g/mol. The molecule has 0 aliphatic heterocycles.